The molecule has 0 saturated heterocycles. The predicted octanol–water partition coefficient (Wildman–Crippen LogP) is 11.2. The maximum atomic E-state index is 9.23. The molecule has 0 amide bonds. The molecule has 0 fully saturated rings. The zero-order valence-corrected chi connectivity index (χ0v) is 22.9. The first-order chi connectivity index (χ1) is 28.0. The lowest BCUT2D eigenvalue weighted by atomic mass is 9.99. The number of hydrogen-bond donors (Lipinski definition) is 0. The molecule has 0 aliphatic carbocycles. The molecule has 2 aromatic heterocycles. The molecule has 2 heterocycles. The number of aromatic nitrogens is 2. The maximum absolute atomic E-state index is 9.23. The summed E-state index contributed by atoms with van der Waals surface area (Å²) in [6.45, 7) is 0. The fraction of sp³-hybridized carbons (Fsp3) is 0. The molecule has 9 rings (SSSR count). The number of fused-ring (bicyclic) bond motifs is 6. The Morgan fingerprint density at radius 2 is 1.02 bits per heavy atom. The Morgan fingerprint density at radius 3 is 1.82 bits per heavy atom. The zero-order valence-electron chi connectivity index (χ0n) is 37.9. The fourth-order valence-electron chi connectivity index (χ4n) is 5.93. The third-order valence-corrected chi connectivity index (χ3v) is 7.81. The van der Waals surface area contributed by atoms with Crippen LogP contribution in [0, 0.1) is 0 Å². The molecule has 0 aliphatic heterocycles. The average molecular weight is 576 g/mol. The van der Waals surface area contributed by atoms with Gasteiger partial charge in [-0.2, -0.15) is 0 Å². The van der Waals surface area contributed by atoms with Gasteiger partial charge in [-0.3, -0.25) is 0 Å². The van der Waals surface area contributed by atoms with E-state index < -0.39 is 60.4 Å². The summed E-state index contributed by atoms with van der Waals surface area (Å²) in [5, 5.41) is 1.42. The molecular formula is C42H28N2. The van der Waals surface area contributed by atoms with E-state index in [9.17, 15) is 1.37 Å². The minimum absolute atomic E-state index is 0.00345. The van der Waals surface area contributed by atoms with Gasteiger partial charge in [0.1, 0.15) is 0 Å². The van der Waals surface area contributed by atoms with E-state index in [1.165, 1.54) is 16.7 Å². The molecule has 0 unspecified atom stereocenters. The third kappa shape index (κ3) is 3.82. The number of benzene rings is 7. The SMILES string of the molecule is [2H]c1cc([2H])c(-c2c([2H])c([2H])c([2H])c(-c3cccc(-n4c5ccccc5c5cc(-n6c7c([2H])c([2H])c([2H])c([2H])c7c7c([2H])c([2H])c([2H])c([2H])c76)ccc54)c3)c2[2H])c([2H])c1. The molecule has 0 radical (unpaired) electrons. The molecule has 0 N–H and O–H groups in total. The van der Waals surface area contributed by atoms with Crippen LogP contribution in [-0.2, 0) is 0 Å². The number of nitrogens with zero attached hydrogens (tertiary/aromatic N) is 2. The Hall–Kier alpha value is -5.86. The molecule has 2 nitrogen and oxygen atoms in total. The smallest absolute Gasteiger partial charge is 0.0645 e. The molecule has 206 valence electrons. The molecule has 9 aromatic rings. The Balaban J connectivity index is 1.31. The molecular weight excluding hydrogens is 532 g/mol. The van der Waals surface area contributed by atoms with E-state index in [1.54, 1.807) is 36.4 Å². The average Bonchev–Trinajstić information content (AvgIpc) is 3.75. The van der Waals surface area contributed by atoms with Gasteiger partial charge in [0.15, 0.2) is 0 Å². The van der Waals surface area contributed by atoms with E-state index >= 15 is 0 Å². The van der Waals surface area contributed by atoms with Gasteiger partial charge in [-0.25, -0.2) is 0 Å². The second-order valence-electron chi connectivity index (χ2n) is 10.3. The lowest BCUT2D eigenvalue weighted by Gasteiger charge is -2.12. The molecule has 0 aliphatic rings. The van der Waals surface area contributed by atoms with E-state index in [1.807, 2.05) is 34.9 Å². The summed E-state index contributed by atoms with van der Waals surface area (Å²) in [5.41, 5.74) is 2.60. The highest BCUT2D eigenvalue weighted by molar-refractivity contribution is 6.12. The minimum atomic E-state index is -0.527. The van der Waals surface area contributed by atoms with Crippen LogP contribution in [0.1, 0.15) is 20.6 Å². The van der Waals surface area contributed by atoms with Gasteiger partial charge in [0, 0.05) is 32.9 Å². The molecule has 0 saturated carbocycles. The van der Waals surface area contributed by atoms with Crippen molar-refractivity contribution in [2.75, 3.05) is 0 Å². The molecule has 0 bridgehead atoms. The first kappa shape index (κ1) is 14.1. The van der Waals surface area contributed by atoms with Crippen molar-refractivity contribution in [3.63, 3.8) is 0 Å². The van der Waals surface area contributed by atoms with Gasteiger partial charge in [0.25, 0.3) is 0 Å². The van der Waals surface area contributed by atoms with Crippen LogP contribution >= 0.6 is 0 Å². The van der Waals surface area contributed by atoms with Crippen molar-refractivity contribution in [1.29, 1.82) is 0 Å². The number of rotatable bonds is 4. The van der Waals surface area contributed by atoms with Crippen LogP contribution in [-0.4, -0.2) is 9.13 Å². The van der Waals surface area contributed by atoms with Crippen LogP contribution in [0.5, 0.6) is 0 Å². The topological polar surface area (TPSA) is 9.86 Å². The first-order valence-electron chi connectivity index (χ1n) is 21.4. The van der Waals surface area contributed by atoms with Gasteiger partial charge < -0.3 is 9.13 Å². The number of hydrogen-bond acceptors (Lipinski definition) is 0. The van der Waals surface area contributed by atoms with E-state index in [0.717, 1.165) is 10.9 Å². The van der Waals surface area contributed by atoms with Gasteiger partial charge in [-0.15, -0.1) is 0 Å². The largest absolute Gasteiger partial charge is 0.309 e. The van der Waals surface area contributed by atoms with Crippen LogP contribution in [0.2, 0.25) is 0 Å². The van der Waals surface area contributed by atoms with Gasteiger partial charge >= 0.3 is 0 Å². The van der Waals surface area contributed by atoms with Gasteiger partial charge in [-0.05, 0) is 76.8 Å². The highest BCUT2D eigenvalue weighted by Crippen LogP contribution is 2.37. The molecule has 44 heavy (non-hydrogen) atoms. The van der Waals surface area contributed by atoms with Gasteiger partial charge in [0.05, 0.1) is 42.6 Å². The Morgan fingerprint density at radius 1 is 0.364 bits per heavy atom. The summed E-state index contributed by atoms with van der Waals surface area (Å²) in [4.78, 5) is 0. The second kappa shape index (κ2) is 9.86. The lowest BCUT2D eigenvalue weighted by molar-refractivity contribution is 1.17. The normalized spacial score (nSPS) is 16.4. The van der Waals surface area contributed by atoms with Crippen molar-refractivity contribution in [3.05, 3.63) is 169 Å². The Kier molecular flexibility index (Phi) is 3.15. The van der Waals surface area contributed by atoms with Crippen molar-refractivity contribution in [3.8, 4) is 33.6 Å². The molecule has 2 heteroatoms. The van der Waals surface area contributed by atoms with Crippen molar-refractivity contribution in [1.82, 2.24) is 9.13 Å². The Labute approximate surface area is 276 Å². The summed E-state index contributed by atoms with van der Waals surface area (Å²) in [5.74, 6) is 0. The quantitative estimate of drug-likeness (QED) is 0.197. The van der Waals surface area contributed by atoms with Crippen LogP contribution in [0.25, 0.3) is 77.2 Å². The predicted molar refractivity (Wildman–Crippen MR) is 186 cm³/mol. The highest BCUT2D eigenvalue weighted by atomic mass is 15.0. The van der Waals surface area contributed by atoms with Crippen molar-refractivity contribution in [2.45, 2.75) is 0 Å². The van der Waals surface area contributed by atoms with Crippen molar-refractivity contribution < 1.29 is 20.6 Å². The molecule has 0 spiro atoms. The first-order valence-corrected chi connectivity index (χ1v) is 13.9. The lowest BCUT2D eigenvalue weighted by Crippen LogP contribution is -1.96. The van der Waals surface area contributed by atoms with E-state index in [0.29, 0.717) is 27.8 Å². The van der Waals surface area contributed by atoms with Crippen molar-refractivity contribution in [2.24, 2.45) is 0 Å². The van der Waals surface area contributed by atoms with Crippen molar-refractivity contribution >= 4 is 43.6 Å². The molecule has 7 aromatic carbocycles. The zero-order chi connectivity index (χ0) is 42.1. The second-order valence-corrected chi connectivity index (χ2v) is 10.3. The summed E-state index contributed by atoms with van der Waals surface area (Å²) in [6.07, 6.45) is 0. The van der Waals surface area contributed by atoms with Gasteiger partial charge in [0.2, 0.25) is 0 Å². The summed E-state index contributed by atoms with van der Waals surface area (Å²) >= 11 is 0. The molecule has 0 atom stereocenters. The summed E-state index contributed by atoms with van der Waals surface area (Å²) in [6, 6.07) is 16.3. The summed E-state index contributed by atoms with van der Waals surface area (Å²) < 4.78 is 133. The van der Waals surface area contributed by atoms with E-state index in [4.69, 9.17) is 19.2 Å². The van der Waals surface area contributed by atoms with Crippen LogP contribution in [0.4, 0.5) is 0 Å². The number of para-hydroxylation sites is 3. The van der Waals surface area contributed by atoms with Crippen LogP contribution in [0.15, 0.2) is 169 Å². The fourth-order valence-corrected chi connectivity index (χ4v) is 5.93. The third-order valence-electron chi connectivity index (χ3n) is 7.81. The monoisotopic (exact) mass is 575 g/mol. The van der Waals surface area contributed by atoms with Gasteiger partial charge in [-0.1, -0.05) is 115 Å². The summed E-state index contributed by atoms with van der Waals surface area (Å²) in [7, 11) is 0. The van der Waals surface area contributed by atoms with E-state index in [-0.39, 0.29) is 68.7 Å². The van der Waals surface area contributed by atoms with Crippen LogP contribution < -0.4 is 0 Å². The van der Waals surface area contributed by atoms with E-state index in [2.05, 4.69) is 0 Å². The Bertz CT molecular complexity index is 3250. The maximum Gasteiger partial charge on any atom is 0.0645 e. The van der Waals surface area contributed by atoms with Crippen LogP contribution in [0.3, 0.4) is 0 Å². The highest BCUT2D eigenvalue weighted by Gasteiger charge is 2.16. The minimum Gasteiger partial charge on any atom is -0.309 e. The standard InChI is InChI=1S/C42H28N2/c1-2-12-29(13-3-1)30-14-10-15-31(26-30)32-16-11-17-33(27-32)43-41-23-9-6-20-37(41)38-28-34(24-25-42(38)43)44-39-21-7-4-18-35(39)36-19-5-8-22-40(36)44/h1-28H/i1D,4D,5D,7D,8D,10D,12D,13D,14D,15D,18D,19D,21D,22D,26D.